The van der Waals surface area contributed by atoms with E-state index >= 15 is 0 Å². The summed E-state index contributed by atoms with van der Waals surface area (Å²) in [5.74, 6) is 0.963. The number of nitrogens with zero attached hydrogens (tertiary/aromatic N) is 3. The van der Waals surface area contributed by atoms with Gasteiger partial charge < -0.3 is 14.2 Å². The Morgan fingerprint density at radius 2 is 0.921 bits per heavy atom. The molecule has 2 fully saturated rings. The molecule has 0 spiro atoms. The van der Waals surface area contributed by atoms with Crippen LogP contribution in [0.1, 0.15) is 178 Å². The third-order valence-electron chi connectivity index (χ3n) is 24.0. The second-order valence-electron chi connectivity index (χ2n) is 32.1. The normalized spacial score (nSPS) is 23.5. The smallest absolute Gasteiger partial charge is 0.257 e. The maximum Gasteiger partial charge on any atom is 0.257 e. The van der Waals surface area contributed by atoms with Gasteiger partial charge in [-0.1, -0.05) is 161 Å². The summed E-state index contributed by atoms with van der Waals surface area (Å²) in [5, 5.41) is 1.27. The number of hydrogen-bond donors (Lipinski definition) is 0. The third kappa shape index (κ3) is 7.91. The molecule has 9 aromatic carbocycles. The largest absolute Gasteiger partial charge is 0.440 e. The molecule has 5 heteroatoms. The lowest BCUT2D eigenvalue weighted by Crippen LogP contribution is -2.61. The Bertz CT molecular complexity index is 4580. The van der Waals surface area contributed by atoms with Crippen LogP contribution < -0.4 is 31.1 Å². The summed E-state index contributed by atoms with van der Waals surface area (Å²) in [4.78, 5) is 7.73. The van der Waals surface area contributed by atoms with Crippen molar-refractivity contribution in [3.05, 3.63) is 226 Å². The number of anilines is 9. The van der Waals surface area contributed by atoms with Crippen molar-refractivity contribution in [1.29, 1.82) is 0 Å². The second-order valence-corrected chi connectivity index (χ2v) is 32.1. The quantitative estimate of drug-likeness (QED) is 0.148. The van der Waals surface area contributed by atoms with Gasteiger partial charge in [0, 0.05) is 50.7 Å². The van der Waals surface area contributed by atoms with Crippen LogP contribution in [0.5, 0.6) is 0 Å². The highest BCUT2D eigenvalue weighted by atomic mass is 16.4. The molecule has 2 saturated carbocycles. The highest BCUT2D eigenvalue weighted by Crippen LogP contribution is 2.64. The molecular weight excluding hydrogens is 1080 g/mol. The topological polar surface area (TPSA) is 22.9 Å². The molecule has 4 bridgehead atoms. The Kier molecular flexibility index (Phi) is 11.3. The zero-order valence-corrected chi connectivity index (χ0v) is 54.7. The fourth-order valence-electron chi connectivity index (χ4n) is 19.1. The number of aryl methyl sites for hydroxylation is 2. The van der Waals surface area contributed by atoms with Crippen molar-refractivity contribution in [3.8, 4) is 22.3 Å². The van der Waals surface area contributed by atoms with E-state index in [4.69, 9.17) is 4.42 Å². The van der Waals surface area contributed by atoms with E-state index in [1.165, 1.54) is 139 Å². The van der Waals surface area contributed by atoms with Gasteiger partial charge in [0.05, 0.1) is 5.69 Å². The van der Waals surface area contributed by atoms with Crippen LogP contribution in [0.2, 0.25) is 0 Å². The Morgan fingerprint density at radius 1 is 0.427 bits per heavy atom. The first-order valence-corrected chi connectivity index (χ1v) is 33.4. The van der Waals surface area contributed by atoms with Gasteiger partial charge in [0.1, 0.15) is 5.58 Å². The summed E-state index contributed by atoms with van der Waals surface area (Å²) >= 11 is 0. The van der Waals surface area contributed by atoms with Crippen molar-refractivity contribution in [3.63, 3.8) is 0 Å². The van der Waals surface area contributed by atoms with Crippen LogP contribution in [-0.2, 0) is 37.9 Å². The van der Waals surface area contributed by atoms with Crippen molar-refractivity contribution in [2.75, 3.05) is 14.7 Å². The zero-order chi connectivity index (χ0) is 61.3. The van der Waals surface area contributed by atoms with Gasteiger partial charge in [0.2, 0.25) is 5.88 Å². The number of fused-ring (bicyclic) bond motifs is 17. The summed E-state index contributed by atoms with van der Waals surface area (Å²) in [6.45, 7) is 31.6. The van der Waals surface area contributed by atoms with Crippen LogP contribution in [-0.4, -0.2) is 6.71 Å². The molecule has 2 aliphatic heterocycles. The van der Waals surface area contributed by atoms with Crippen molar-refractivity contribution < 1.29 is 4.42 Å². The molecule has 4 atom stereocenters. The highest BCUT2D eigenvalue weighted by Gasteiger charge is 2.57. The Balaban J connectivity index is 0.966. The summed E-state index contributed by atoms with van der Waals surface area (Å²) in [6.07, 6.45) is 9.59. The van der Waals surface area contributed by atoms with Gasteiger partial charge in [0.25, 0.3) is 6.71 Å². The van der Waals surface area contributed by atoms with Crippen LogP contribution >= 0.6 is 0 Å². The predicted octanol–water partition coefficient (Wildman–Crippen LogP) is 21.0. The molecule has 5 aliphatic carbocycles. The standard InChI is InChI=1S/C84H84BN3O/c1-51-40-55(53-24-28-57(29-25-53)78(3,4)5)41-52(2)76(51)88-70-47-67-66(82(11)37-38-83(67,12)50-82)46-69(70)85-74-62-45-65-68(84(13)39-36-81(65,10)49-84)48-73(62)89-77(74)87(61-32-33-63-64(44-61)80(8,9)35-34-79(63,6)7)71-42-56(43-72(88)75(71)85)54-26-30-60(31-27-54)86(58-20-16-14-17-21-58)59-22-18-15-19-23-59/h14-33,40-48H,34-39,49-50H2,1-13H3. The Labute approximate surface area is 529 Å². The summed E-state index contributed by atoms with van der Waals surface area (Å²) in [7, 11) is 0. The van der Waals surface area contributed by atoms with E-state index in [2.05, 4.69) is 281 Å². The Morgan fingerprint density at radius 3 is 1.49 bits per heavy atom. The van der Waals surface area contributed by atoms with Gasteiger partial charge >= 0.3 is 0 Å². The van der Waals surface area contributed by atoms with Crippen molar-refractivity contribution in [1.82, 2.24) is 0 Å². The van der Waals surface area contributed by atoms with Crippen molar-refractivity contribution in [2.45, 2.75) is 179 Å². The number of para-hydroxylation sites is 2. The van der Waals surface area contributed by atoms with Gasteiger partial charge in [-0.2, -0.15) is 0 Å². The monoisotopic (exact) mass is 1160 g/mol. The van der Waals surface area contributed by atoms with E-state index < -0.39 is 0 Å². The van der Waals surface area contributed by atoms with Crippen LogP contribution in [0, 0.1) is 13.8 Å². The molecule has 444 valence electrons. The molecule has 4 unspecified atom stereocenters. The second kappa shape index (κ2) is 18.3. The van der Waals surface area contributed by atoms with Gasteiger partial charge in [-0.3, -0.25) is 4.90 Å². The van der Waals surface area contributed by atoms with Crippen LogP contribution in [0.3, 0.4) is 0 Å². The molecular formula is C84H84BN3O. The van der Waals surface area contributed by atoms with Gasteiger partial charge in [-0.05, 0) is 277 Å². The first-order chi connectivity index (χ1) is 42.4. The van der Waals surface area contributed by atoms with Crippen LogP contribution in [0.15, 0.2) is 180 Å². The molecule has 3 heterocycles. The maximum absolute atomic E-state index is 7.86. The number of furan rings is 1. The fourth-order valence-corrected chi connectivity index (χ4v) is 19.1. The number of benzene rings is 9. The molecule has 4 nitrogen and oxygen atoms in total. The average molecular weight is 1160 g/mol. The van der Waals surface area contributed by atoms with E-state index in [1.807, 2.05) is 0 Å². The Hall–Kier alpha value is -8.02. The lowest BCUT2D eigenvalue weighted by Gasteiger charge is -2.45. The van der Waals surface area contributed by atoms with Crippen LogP contribution in [0.25, 0.3) is 33.2 Å². The van der Waals surface area contributed by atoms with Gasteiger partial charge in [-0.15, -0.1) is 0 Å². The van der Waals surface area contributed by atoms with E-state index in [0.29, 0.717) is 0 Å². The molecule has 89 heavy (non-hydrogen) atoms. The zero-order valence-electron chi connectivity index (χ0n) is 54.7. The summed E-state index contributed by atoms with van der Waals surface area (Å²) in [5.41, 5.74) is 33.0. The van der Waals surface area contributed by atoms with Crippen molar-refractivity contribution in [2.24, 2.45) is 0 Å². The van der Waals surface area contributed by atoms with E-state index in [-0.39, 0.29) is 44.6 Å². The molecule has 0 amide bonds. The highest BCUT2D eigenvalue weighted by molar-refractivity contribution is 7.01. The average Bonchev–Trinajstić information content (AvgIpc) is 1.52. The fraction of sp³-hybridized carbons (Fsp3) is 0.333. The molecule has 1 aromatic heterocycles. The third-order valence-corrected chi connectivity index (χ3v) is 24.0. The lowest BCUT2D eigenvalue weighted by molar-refractivity contribution is 0.332. The van der Waals surface area contributed by atoms with Gasteiger partial charge in [-0.25, -0.2) is 0 Å². The first-order valence-electron chi connectivity index (χ1n) is 33.4. The summed E-state index contributed by atoms with van der Waals surface area (Å²) < 4.78 is 7.86. The minimum atomic E-state index is -0.101. The van der Waals surface area contributed by atoms with E-state index in [1.54, 1.807) is 16.7 Å². The molecule has 17 rings (SSSR count). The van der Waals surface area contributed by atoms with Gasteiger partial charge in [0.15, 0.2) is 0 Å². The predicted molar refractivity (Wildman–Crippen MR) is 376 cm³/mol. The minimum absolute atomic E-state index is 0.00460. The minimum Gasteiger partial charge on any atom is -0.440 e. The molecule has 0 saturated heterocycles. The summed E-state index contributed by atoms with van der Waals surface area (Å²) in [6, 6.07) is 68.5. The van der Waals surface area contributed by atoms with Crippen molar-refractivity contribution >= 4 is 85.5 Å². The van der Waals surface area contributed by atoms with Crippen LogP contribution in [0.4, 0.5) is 51.4 Å². The molecule has 10 aromatic rings. The molecule has 0 radical (unpaired) electrons. The van der Waals surface area contributed by atoms with E-state index in [0.717, 1.165) is 47.1 Å². The maximum atomic E-state index is 7.86. The molecule has 7 aliphatic rings. The SMILES string of the molecule is Cc1cc(-c2ccc(C(C)(C)C)cc2)cc(C)c1N1c2cc3c(cc2B2c4c(cc(-c5ccc(N(c6ccccc6)c6ccccc6)cc5)cc41)N(c1ccc4c(c1)C(C)(C)CCC4(C)C)c1oc4cc5c(cc4c12)C1(C)CCC5(C)C1)C1(C)CCC3(C)C1. The molecule has 0 N–H and O–H groups in total. The number of rotatable bonds is 7. The number of hydrogen-bond acceptors (Lipinski definition) is 4. The lowest BCUT2D eigenvalue weighted by atomic mass is 9.33. The first kappa shape index (κ1) is 55.1. The van der Waals surface area contributed by atoms with E-state index in [9.17, 15) is 0 Å².